The largest absolute Gasteiger partial charge is 0.363 e. The first kappa shape index (κ1) is 19.8. The second kappa shape index (κ2) is 8.46. The second-order valence-electron chi connectivity index (χ2n) is 7.35. The van der Waals surface area contributed by atoms with Crippen molar-refractivity contribution in [2.24, 2.45) is 0 Å². The van der Waals surface area contributed by atoms with E-state index in [0.29, 0.717) is 36.4 Å². The van der Waals surface area contributed by atoms with E-state index in [1.165, 1.54) is 6.07 Å². The Morgan fingerprint density at radius 2 is 1.80 bits per heavy atom. The number of rotatable bonds is 6. The van der Waals surface area contributed by atoms with Crippen LogP contribution < -0.4 is 4.90 Å². The number of benzene rings is 2. The van der Waals surface area contributed by atoms with Gasteiger partial charge >= 0.3 is 0 Å². The summed E-state index contributed by atoms with van der Waals surface area (Å²) in [5.41, 5.74) is 2.21. The van der Waals surface area contributed by atoms with Gasteiger partial charge < -0.3 is 9.42 Å². The number of hydrogen-bond acceptors (Lipinski definition) is 7. The van der Waals surface area contributed by atoms with Gasteiger partial charge in [0.25, 0.3) is 5.69 Å². The van der Waals surface area contributed by atoms with Crippen molar-refractivity contribution in [3.8, 4) is 0 Å². The van der Waals surface area contributed by atoms with Gasteiger partial charge in [0.1, 0.15) is 11.4 Å². The van der Waals surface area contributed by atoms with E-state index >= 15 is 0 Å². The van der Waals surface area contributed by atoms with E-state index in [1.54, 1.807) is 36.4 Å². The molecular formula is C22H22N4O4. The summed E-state index contributed by atoms with van der Waals surface area (Å²) in [4.78, 5) is 28.2. The second-order valence-corrected chi connectivity index (χ2v) is 7.35. The van der Waals surface area contributed by atoms with E-state index in [4.69, 9.17) is 4.52 Å². The Hall–Kier alpha value is -3.52. The third kappa shape index (κ3) is 4.23. The lowest BCUT2D eigenvalue weighted by atomic mass is 10.0. The van der Waals surface area contributed by atoms with Crippen LogP contribution in [0.1, 0.15) is 27.4 Å². The zero-order valence-electron chi connectivity index (χ0n) is 16.7. The molecule has 1 aliphatic rings. The van der Waals surface area contributed by atoms with Crippen molar-refractivity contribution in [3.05, 3.63) is 87.3 Å². The number of nitrogens with zero attached hydrogens (tertiary/aromatic N) is 4. The zero-order valence-corrected chi connectivity index (χ0v) is 16.7. The summed E-state index contributed by atoms with van der Waals surface area (Å²) < 4.78 is 5.11. The number of aromatic nitrogens is 1. The maximum Gasteiger partial charge on any atom is 0.293 e. The van der Waals surface area contributed by atoms with Crippen molar-refractivity contribution < 1.29 is 14.2 Å². The maximum absolute atomic E-state index is 12.7. The van der Waals surface area contributed by atoms with E-state index < -0.39 is 4.92 Å². The van der Waals surface area contributed by atoms with Crippen molar-refractivity contribution >= 4 is 17.2 Å². The Labute approximate surface area is 173 Å². The Balaban J connectivity index is 1.49. The lowest BCUT2D eigenvalue weighted by molar-refractivity contribution is -0.384. The van der Waals surface area contributed by atoms with Crippen molar-refractivity contribution in [1.82, 2.24) is 10.1 Å². The molecule has 1 saturated heterocycles. The van der Waals surface area contributed by atoms with Crippen LogP contribution in [-0.2, 0) is 6.54 Å². The lowest BCUT2D eigenvalue weighted by Crippen LogP contribution is -2.46. The molecule has 0 spiro atoms. The smallest absolute Gasteiger partial charge is 0.293 e. The molecule has 1 aliphatic heterocycles. The lowest BCUT2D eigenvalue weighted by Gasteiger charge is -2.35. The molecule has 4 rings (SSSR count). The molecule has 30 heavy (non-hydrogen) atoms. The van der Waals surface area contributed by atoms with E-state index in [2.05, 4.69) is 10.1 Å². The molecule has 1 aromatic heterocycles. The molecule has 0 bridgehead atoms. The van der Waals surface area contributed by atoms with Gasteiger partial charge in [-0.1, -0.05) is 35.5 Å². The van der Waals surface area contributed by atoms with Crippen LogP contribution in [0.3, 0.4) is 0 Å². The fourth-order valence-corrected chi connectivity index (χ4v) is 3.70. The van der Waals surface area contributed by atoms with Crippen molar-refractivity contribution in [2.75, 3.05) is 31.1 Å². The molecule has 0 saturated carbocycles. The van der Waals surface area contributed by atoms with Gasteiger partial charge in [-0.05, 0) is 19.1 Å². The number of carbonyl (C=O) groups is 1. The number of nitro groups is 1. The minimum Gasteiger partial charge on any atom is -0.363 e. The van der Waals surface area contributed by atoms with Gasteiger partial charge in [0.15, 0.2) is 5.78 Å². The number of carbonyl (C=O) groups excluding carboxylic acids is 1. The van der Waals surface area contributed by atoms with Gasteiger partial charge in [0, 0.05) is 56.0 Å². The summed E-state index contributed by atoms with van der Waals surface area (Å²) in [6.45, 7) is 5.38. The summed E-state index contributed by atoms with van der Waals surface area (Å²) in [6, 6.07) is 15.4. The van der Waals surface area contributed by atoms with Crippen LogP contribution in [-0.4, -0.2) is 46.9 Å². The highest BCUT2D eigenvalue weighted by atomic mass is 16.6. The highest BCUT2D eigenvalue weighted by Gasteiger charge is 2.25. The fraction of sp³-hybridized carbons (Fsp3) is 0.273. The minimum absolute atomic E-state index is 0.0441. The highest BCUT2D eigenvalue weighted by Crippen LogP contribution is 2.31. The van der Waals surface area contributed by atoms with Crippen LogP contribution in [0.15, 0.2) is 59.1 Å². The number of aryl methyl sites for hydroxylation is 1. The highest BCUT2D eigenvalue weighted by molar-refractivity contribution is 6.09. The van der Waals surface area contributed by atoms with Crippen LogP contribution in [0.4, 0.5) is 11.4 Å². The Morgan fingerprint density at radius 1 is 1.07 bits per heavy atom. The maximum atomic E-state index is 12.7. The first-order valence-corrected chi connectivity index (χ1v) is 9.79. The van der Waals surface area contributed by atoms with E-state index in [9.17, 15) is 14.9 Å². The van der Waals surface area contributed by atoms with E-state index in [-0.39, 0.29) is 11.5 Å². The molecule has 2 aromatic carbocycles. The molecule has 2 heterocycles. The van der Waals surface area contributed by atoms with Gasteiger partial charge in [-0.3, -0.25) is 19.8 Å². The summed E-state index contributed by atoms with van der Waals surface area (Å²) in [6.07, 6.45) is 0. The van der Waals surface area contributed by atoms with Crippen molar-refractivity contribution in [3.63, 3.8) is 0 Å². The van der Waals surface area contributed by atoms with Gasteiger partial charge in [0.05, 0.1) is 10.6 Å². The minimum atomic E-state index is -0.415. The van der Waals surface area contributed by atoms with E-state index in [0.717, 1.165) is 24.5 Å². The number of nitro benzene ring substituents is 1. The van der Waals surface area contributed by atoms with Crippen LogP contribution >= 0.6 is 0 Å². The average molecular weight is 406 g/mol. The zero-order chi connectivity index (χ0) is 21.1. The molecule has 0 N–H and O–H groups in total. The van der Waals surface area contributed by atoms with Crippen molar-refractivity contribution in [1.29, 1.82) is 0 Å². The molecular weight excluding hydrogens is 384 g/mol. The Morgan fingerprint density at radius 3 is 2.43 bits per heavy atom. The molecule has 154 valence electrons. The number of ketones is 1. The third-order valence-electron chi connectivity index (χ3n) is 5.25. The average Bonchev–Trinajstić information content (AvgIpc) is 3.18. The SMILES string of the molecule is Cc1cc(CN2CCN(c3ccc(C(=O)c4ccccc4)cc3[N+](=O)[O-])CC2)no1. The topological polar surface area (TPSA) is 92.7 Å². The van der Waals surface area contributed by atoms with Gasteiger partial charge in [0.2, 0.25) is 0 Å². The molecule has 8 heteroatoms. The quantitative estimate of drug-likeness (QED) is 0.352. The fourth-order valence-electron chi connectivity index (χ4n) is 3.70. The van der Waals surface area contributed by atoms with Crippen LogP contribution in [0.2, 0.25) is 0 Å². The number of anilines is 1. The standard InChI is InChI=1S/C22H22N4O4/c1-16-13-19(23-30-16)15-24-9-11-25(12-10-24)20-8-7-18(14-21(20)26(28)29)22(27)17-5-3-2-4-6-17/h2-8,13-14H,9-12,15H2,1H3. The molecule has 3 aromatic rings. The normalized spacial score (nSPS) is 14.6. The van der Waals surface area contributed by atoms with Crippen LogP contribution in [0.5, 0.6) is 0 Å². The number of hydrogen-bond donors (Lipinski definition) is 0. The predicted molar refractivity (Wildman–Crippen MR) is 112 cm³/mol. The molecule has 8 nitrogen and oxygen atoms in total. The van der Waals surface area contributed by atoms with Crippen molar-refractivity contribution in [2.45, 2.75) is 13.5 Å². The predicted octanol–water partition coefficient (Wildman–Crippen LogP) is 3.44. The molecule has 0 radical (unpaired) electrons. The molecule has 0 unspecified atom stereocenters. The molecule has 0 atom stereocenters. The summed E-state index contributed by atoms with van der Waals surface area (Å²) in [5.74, 6) is 0.558. The molecule has 1 fully saturated rings. The first-order valence-electron chi connectivity index (χ1n) is 9.79. The van der Waals surface area contributed by atoms with Gasteiger partial charge in [-0.2, -0.15) is 0 Å². The third-order valence-corrected chi connectivity index (χ3v) is 5.25. The number of piperazine rings is 1. The first-order chi connectivity index (χ1) is 14.5. The molecule has 0 aliphatic carbocycles. The summed E-state index contributed by atoms with van der Waals surface area (Å²) >= 11 is 0. The monoisotopic (exact) mass is 406 g/mol. The molecule has 0 amide bonds. The Kier molecular flexibility index (Phi) is 5.58. The summed E-state index contributed by atoms with van der Waals surface area (Å²) in [7, 11) is 0. The summed E-state index contributed by atoms with van der Waals surface area (Å²) in [5, 5.41) is 15.7. The van der Waals surface area contributed by atoms with Crippen LogP contribution in [0.25, 0.3) is 0 Å². The van der Waals surface area contributed by atoms with Crippen LogP contribution in [0, 0.1) is 17.0 Å². The van der Waals surface area contributed by atoms with E-state index in [1.807, 2.05) is 24.0 Å². The Bertz CT molecular complexity index is 1060. The van der Waals surface area contributed by atoms with Gasteiger partial charge in [-0.25, -0.2) is 0 Å². The van der Waals surface area contributed by atoms with Gasteiger partial charge in [-0.15, -0.1) is 0 Å².